The highest BCUT2D eigenvalue weighted by Crippen LogP contribution is 2.35. The molecule has 0 spiro atoms. The summed E-state index contributed by atoms with van der Waals surface area (Å²) in [4.78, 5) is 0. The summed E-state index contributed by atoms with van der Waals surface area (Å²) in [6, 6.07) is 8.89. The lowest BCUT2D eigenvalue weighted by Crippen LogP contribution is -2.11. The van der Waals surface area contributed by atoms with Crippen LogP contribution in [-0.4, -0.2) is 11.2 Å². The maximum atomic E-state index is 9.35. The fraction of sp³-hybridized carbons (Fsp3) is 0.625. The summed E-state index contributed by atoms with van der Waals surface area (Å²) >= 11 is 0. The molecule has 1 aromatic rings. The van der Waals surface area contributed by atoms with E-state index in [4.69, 9.17) is 0 Å². The van der Waals surface area contributed by atoms with Crippen molar-refractivity contribution in [2.75, 3.05) is 0 Å². The van der Waals surface area contributed by atoms with Crippen LogP contribution in [0, 0.1) is 5.92 Å². The summed E-state index contributed by atoms with van der Waals surface area (Å²) in [6.45, 7) is 4.21. The maximum Gasteiger partial charge on any atom is 0.0552 e. The van der Waals surface area contributed by atoms with E-state index in [9.17, 15) is 5.11 Å². The Labute approximate surface area is 105 Å². The lowest BCUT2D eigenvalue weighted by Gasteiger charge is -2.26. The zero-order valence-electron chi connectivity index (χ0n) is 11.0. The second-order valence-corrected chi connectivity index (χ2v) is 5.75. The maximum absolute atomic E-state index is 9.35. The first-order valence-electron chi connectivity index (χ1n) is 6.92. The minimum absolute atomic E-state index is 0.239. The van der Waals surface area contributed by atoms with Gasteiger partial charge < -0.3 is 5.11 Å². The van der Waals surface area contributed by atoms with E-state index in [2.05, 4.69) is 31.2 Å². The highest BCUT2D eigenvalue weighted by molar-refractivity contribution is 5.26. The van der Waals surface area contributed by atoms with Gasteiger partial charge in [0.25, 0.3) is 0 Å². The van der Waals surface area contributed by atoms with Crippen LogP contribution >= 0.6 is 0 Å². The Bertz CT molecular complexity index is 331. The average molecular weight is 232 g/mol. The Morgan fingerprint density at radius 1 is 1.12 bits per heavy atom. The molecule has 1 fully saturated rings. The van der Waals surface area contributed by atoms with Gasteiger partial charge in [0.15, 0.2) is 0 Å². The van der Waals surface area contributed by atoms with Gasteiger partial charge in [-0.3, -0.25) is 0 Å². The second-order valence-electron chi connectivity index (χ2n) is 5.75. The fourth-order valence-electron chi connectivity index (χ4n) is 2.86. The molecule has 0 aliphatic heterocycles. The van der Waals surface area contributed by atoms with Crippen LogP contribution in [-0.2, 0) is 6.42 Å². The number of rotatable bonds is 3. The van der Waals surface area contributed by atoms with E-state index in [1.807, 2.05) is 6.92 Å². The molecule has 1 aliphatic carbocycles. The van der Waals surface area contributed by atoms with Crippen molar-refractivity contribution in [3.8, 4) is 0 Å². The molecule has 0 radical (unpaired) electrons. The molecule has 2 rings (SSSR count). The third-order valence-electron chi connectivity index (χ3n) is 4.00. The summed E-state index contributed by atoms with van der Waals surface area (Å²) < 4.78 is 0. The SMILES string of the molecule is CC(O)Cc1ccc(C2CCC(C)CC2)cc1. The molecule has 1 aromatic carbocycles. The highest BCUT2D eigenvalue weighted by Gasteiger charge is 2.19. The van der Waals surface area contributed by atoms with Crippen LogP contribution in [0.5, 0.6) is 0 Å². The second kappa shape index (κ2) is 5.68. The van der Waals surface area contributed by atoms with Crippen molar-refractivity contribution in [3.05, 3.63) is 35.4 Å². The quantitative estimate of drug-likeness (QED) is 0.838. The molecule has 17 heavy (non-hydrogen) atoms. The van der Waals surface area contributed by atoms with Crippen LogP contribution in [0.1, 0.15) is 56.6 Å². The predicted octanol–water partition coefficient (Wildman–Crippen LogP) is 3.90. The van der Waals surface area contributed by atoms with Gasteiger partial charge >= 0.3 is 0 Å². The first kappa shape index (κ1) is 12.6. The largest absolute Gasteiger partial charge is 0.393 e. The van der Waals surface area contributed by atoms with Crippen molar-refractivity contribution >= 4 is 0 Å². The van der Waals surface area contributed by atoms with Gasteiger partial charge in [-0.25, -0.2) is 0 Å². The van der Waals surface area contributed by atoms with Crippen molar-refractivity contribution in [1.82, 2.24) is 0 Å². The molecule has 1 aliphatic rings. The van der Waals surface area contributed by atoms with Crippen LogP contribution in [0.3, 0.4) is 0 Å². The molecule has 0 bridgehead atoms. The first-order chi connectivity index (χ1) is 8.15. The molecular weight excluding hydrogens is 208 g/mol. The van der Waals surface area contributed by atoms with Crippen LogP contribution in [0.15, 0.2) is 24.3 Å². The van der Waals surface area contributed by atoms with Gasteiger partial charge in [-0.1, -0.05) is 44.0 Å². The Balaban J connectivity index is 1.97. The number of benzene rings is 1. The van der Waals surface area contributed by atoms with Gasteiger partial charge in [-0.15, -0.1) is 0 Å². The summed E-state index contributed by atoms with van der Waals surface area (Å²) in [5.41, 5.74) is 2.74. The molecule has 1 nitrogen and oxygen atoms in total. The number of aliphatic hydroxyl groups excluding tert-OH is 1. The monoisotopic (exact) mass is 232 g/mol. The first-order valence-corrected chi connectivity index (χ1v) is 6.92. The molecule has 94 valence electrons. The average Bonchev–Trinajstić information content (AvgIpc) is 2.30. The van der Waals surface area contributed by atoms with Crippen LogP contribution in [0.4, 0.5) is 0 Å². The molecule has 1 unspecified atom stereocenters. The van der Waals surface area contributed by atoms with Crippen molar-refractivity contribution in [3.63, 3.8) is 0 Å². The molecular formula is C16H24O. The predicted molar refractivity (Wildman–Crippen MR) is 72.2 cm³/mol. The number of hydrogen-bond acceptors (Lipinski definition) is 1. The topological polar surface area (TPSA) is 20.2 Å². The third kappa shape index (κ3) is 3.57. The van der Waals surface area contributed by atoms with Gasteiger partial charge in [0.05, 0.1) is 6.10 Å². The van der Waals surface area contributed by atoms with E-state index in [-0.39, 0.29) is 6.10 Å². The van der Waals surface area contributed by atoms with E-state index >= 15 is 0 Å². The van der Waals surface area contributed by atoms with Crippen molar-refractivity contribution in [2.45, 2.75) is 58.0 Å². The molecule has 1 atom stereocenters. The zero-order valence-corrected chi connectivity index (χ0v) is 11.0. The number of aliphatic hydroxyl groups is 1. The standard InChI is InChI=1S/C16H24O/c1-12-3-7-15(8-4-12)16-9-5-14(6-10-16)11-13(2)17/h5-6,9-10,12-13,15,17H,3-4,7-8,11H2,1-2H3. The summed E-state index contributed by atoms with van der Waals surface area (Å²) in [5, 5.41) is 9.35. The normalized spacial score (nSPS) is 26.8. The van der Waals surface area contributed by atoms with Gasteiger partial charge in [0.2, 0.25) is 0 Å². The van der Waals surface area contributed by atoms with Gasteiger partial charge in [0.1, 0.15) is 0 Å². The molecule has 0 heterocycles. The Morgan fingerprint density at radius 2 is 1.71 bits per heavy atom. The lowest BCUT2D eigenvalue weighted by atomic mass is 9.79. The zero-order chi connectivity index (χ0) is 12.3. The smallest absolute Gasteiger partial charge is 0.0552 e. The molecule has 0 saturated heterocycles. The van der Waals surface area contributed by atoms with Crippen LogP contribution in [0.2, 0.25) is 0 Å². The van der Waals surface area contributed by atoms with Crippen LogP contribution in [0.25, 0.3) is 0 Å². The van der Waals surface area contributed by atoms with Crippen molar-refractivity contribution in [1.29, 1.82) is 0 Å². The van der Waals surface area contributed by atoms with Gasteiger partial charge in [-0.05, 0) is 49.1 Å². The van der Waals surface area contributed by atoms with Crippen molar-refractivity contribution < 1.29 is 5.11 Å². The molecule has 1 heteroatoms. The summed E-state index contributed by atoms with van der Waals surface area (Å²) in [6.07, 6.45) is 5.96. The van der Waals surface area contributed by atoms with Crippen LogP contribution < -0.4 is 0 Å². The van der Waals surface area contributed by atoms with Crippen molar-refractivity contribution in [2.24, 2.45) is 5.92 Å². The lowest BCUT2D eigenvalue weighted by molar-refractivity contribution is 0.195. The minimum atomic E-state index is -0.239. The Morgan fingerprint density at radius 3 is 2.24 bits per heavy atom. The highest BCUT2D eigenvalue weighted by atomic mass is 16.3. The van der Waals surface area contributed by atoms with Gasteiger partial charge in [-0.2, -0.15) is 0 Å². The third-order valence-corrected chi connectivity index (χ3v) is 4.00. The fourth-order valence-corrected chi connectivity index (χ4v) is 2.86. The van der Waals surface area contributed by atoms with Gasteiger partial charge in [0, 0.05) is 0 Å². The van der Waals surface area contributed by atoms with E-state index in [0.717, 1.165) is 18.3 Å². The number of hydrogen-bond donors (Lipinski definition) is 1. The Kier molecular flexibility index (Phi) is 4.22. The molecule has 0 amide bonds. The molecule has 1 saturated carbocycles. The minimum Gasteiger partial charge on any atom is -0.393 e. The Hall–Kier alpha value is -0.820. The molecule has 0 aromatic heterocycles. The van der Waals surface area contributed by atoms with E-state index < -0.39 is 0 Å². The molecule has 1 N–H and O–H groups in total. The van der Waals surface area contributed by atoms with E-state index in [0.29, 0.717) is 0 Å². The van der Waals surface area contributed by atoms with E-state index in [1.165, 1.54) is 36.8 Å². The summed E-state index contributed by atoms with van der Waals surface area (Å²) in [5.74, 6) is 1.69. The van der Waals surface area contributed by atoms with E-state index in [1.54, 1.807) is 0 Å². The summed E-state index contributed by atoms with van der Waals surface area (Å²) in [7, 11) is 0.